The smallest absolute Gasteiger partial charge is 0.101 e. The van der Waals surface area contributed by atoms with Gasteiger partial charge in [-0.05, 0) is 46.6 Å². The second-order valence-corrected chi connectivity index (χ2v) is 5.72. The van der Waals surface area contributed by atoms with Gasteiger partial charge in [0.1, 0.15) is 5.03 Å². The molecule has 0 radical (unpaired) electrons. The average Bonchev–Trinajstić information content (AvgIpc) is 2.32. The fraction of sp³-hybridized carbons (Fsp3) is 0.154. The third kappa shape index (κ3) is 3.31. The average molecular weight is 309 g/mol. The Kier molecular flexibility index (Phi) is 4.20. The Morgan fingerprint density at radius 2 is 2.00 bits per heavy atom. The molecule has 1 heterocycles. The zero-order chi connectivity index (χ0) is 12.3. The van der Waals surface area contributed by atoms with Crippen molar-refractivity contribution >= 4 is 27.7 Å². The van der Waals surface area contributed by atoms with E-state index in [4.69, 9.17) is 5.73 Å². The van der Waals surface area contributed by atoms with Crippen LogP contribution in [0.15, 0.2) is 57.0 Å². The van der Waals surface area contributed by atoms with Crippen LogP contribution in [0.2, 0.25) is 0 Å². The Hall–Kier alpha value is -0.840. The van der Waals surface area contributed by atoms with Crippen LogP contribution in [0.5, 0.6) is 0 Å². The maximum Gasteiger partial charge on any atom is 0.101 e. The van der Waals surface area contributed by atoms with Crippen LogP contribution in [0.1, 0.15) is 18.5 Å². The summed E-state index contributed by atoms with van der Waals surface area (Å²) in [7, 11) is 0. The number of rotatable bonds is 3. The van der Waals surface area contributed by atoms with Crippen molar-refractivity contribution in [1.82, 2.24) is 4.98 Å². The molecule has 0 aliphatic rings. The summed E-state index contributed by atoms with van der Waals surface area (Å²) >= 11 is 5.02. The first-order chi connectivity index (χ1) is 8.16. The highest BCUT2D eigenvalue weighted by Gasteiger charge is 2.07. The molecular formula is C13H13BrN2S. The largest absolute Gasteiger partial charge is 0.324 e. The summed E-state index contributed by atoms with van der Waals surface area (Å²) in [6.07, 6.45) is 1.80. The number of hydrogen-bond acceptors (Lipinski definition) is 3. The number of nitrogens with zero attached hydrogens (tertiary/aromatic N) is 1. The number of aromatic nitrogens is 1. The highest BCUT2D eigenvalue weighted by Crippen LogP contribution is 2.31. The Bertz CT molecular complexity index is 497. The van der Waals surface area contributed by atoms with Crippen LogP contribution in [0.3, 0.4) is 0 Å². The lowest BCUT2D eigenvalue weighted by Gasteiger charge is -2.11. The summed E-state index contributed by atoms with van der Waals surface area (Å²) in [5.41, 5.74) is 7.11. The van der Waals surface area contributed by atoms with Gasteiger partial charge in [-0.2, -0.15) is 0 Å². The van der Waals surface area contributed by atoms with Gasteiger partial charge in [-0.25, -0.2) is 4.98 Å². The molecule has 0 amide bonds. The van der Waals surface area contributed by atoms with Crippen LogP contribution in [0, 0.1) is 0 Å². The molecule has 0 bridgehead atoms. The summed E-state index contributed by atoms with van der Waals surface area (Å²) in [6, 6.07) is 12.2. The highest BCUT2D eigenvalue weighted by atomic mass is 79.9. The molecule has 4 heteroatoms. The lowest BCUT2D eigenvalue weighted by Crippen LogP contribution is -2.06. The predicted octanol–water partition coefficient (Wildman–Crippen LogP) is 4.02. The van der Waals surface area contributed by atoms with Crippen molar-refractivity contribution in [3.8, 4) is 0 Å². The molecule has 0 fully saturated rings. The maximum atomic E-state index is 5.95. The van der Waals surface area contributed by atoms with Gasteiger partial charge < -0.3 is 5.73 Å². The van der Waals surface area contributed by atoms with Gasteiger partial charge in [0, 0.05) is 21.6 Å². The Morgan fingerprint density at radius 3 is 2.65 bits per heavy atom. The van der Waals surface area contributed by atoms with E-state index in [0.717, 1.165) is 20.0 Å². The van der Waals surface area contributed by atoms with E-state index >= 15 is 0 Å². The van der Waals surface area contributed by atoms with Crippen molar-refractivity contribution in [2.45, 2.75) is 22.9 Å². The zero-order valence-electron chi connectivity index (χ0n) is 9.43. The third-order valence-corrected chi connectivity index (χ3v) is 3.84. The fourth-order valence-electron chi connectivity index (χ4n) is 1.48. The van der Waals surface area contributed by atoms with Crippen LogP contribution in [0.25, 0.3) is 0 Å². The summed E-state index contributed by atoms with van der Waals surface area (Å²) < 4.78 is 0.988. The topological polar surface area (TPSA) is 38.9 Å². The second-order valence-electron chi connectivity index (χ2n) is 3.74. The standard InChI is InChI=1S/C13H13BrN2S/c1-9(15)11-4-2-3-5-12(11)17-13-7-6-10(14)8-16-13/h2-9H,15H2,1H3/t9-/m0/s1. The zero-order valence-corrected chi connectivity index (χ0v) is 11.8. The van der Waals surface area contributed by atoms with Gasteiger partial charge in [-0.15, -0.1) is 0 Å². The molecule has 1 aromatic carbocycles. The monoisotopic (exact) mass is 308 g/mol. The number of pyridine rings is 1. The van der Waals surface area contributed by atoms with Gasteiger partial charge in [0.15, 0.2) is 0 Å². The lowest BCUT2D eigenvalue weighted by atomic mass is 10.1. The molecule has 2 N–H and O–H groups in total. The van der Waals surface area contributed by atoms with E-state index in [1.54, 1.807) is 18.0 Å². The molecule has 2 nitrogen and oxygen atoms in total. The summed E-state index contributed by atoms with van der Waals surface area (Å²) in [5.74, 6) is 0. The van der Waals surface area contributed by atoms with Crippen LogP contribution in [-0.2, 0) is 0 Å². The lowest BCUT2D eigenvalue weighted by molar-refractivity contribution is 0.797. The van der Waals surface area contributed by atoms with Crippen LogP contribution in [-0.4, -0.2) is 4.98 Å². The summed E-state index contributed by atoms with van der Waals surface area (Å²) in [5, 5.41) is 0.973. The van der Waals surface area contributed by atoms with Crippen molar-refractivity contribution in [3.05, 3.63) is 52.6 Å². The van der Waals surface area contributed by atoms with Gasteiger partial charge in [-0.1, -0.05) is 30.0 Å². The Morgan fingerprint density at radius 1 is 1.24 bits per heavy atom. The van der Waals surface area contributed by atoms with Crippen molar-refractivity contribution in [2.24, 2.45) is 5.73 Å². The number of benzene rings is 1. The molecule has 88 valence electrons. The Labute approximate surface area is 114 Å². The van der Waals surface area contributed by atoms with E-state index in [0.29, 0.717) is 0 Å². The number of hydrogen-bond donors (Lipinski definition) is 1. The SMILES string of the molecule is C[C@H](N)c1ccccc1Sc1ccc(Br)cn1. The van der Waals surface area contributed by atoms with Gasteiger partial charge in [0.05, 0.1) is 0 Å². The fourth-order valence-corrected chi connectivity index (χ4v) is 2.70. The third-order valence-electron chi connectivity index (χ3n) is 2.32. The maximum absolute atomic E-state index is 5.95. The number of nitrogens with two attached hydrogens (primary N) is 1. The van der Waals surface area contributed by atoms with Gasteiger partial charge in [0.2, 0.25) is 0 Å². The molecular weight excluding hydrogens is 296 g/mol. The van der Waals surface area contributed by atoms with E-state index in [9.17, 15) is 0 Å². The van der Waals surface area contributed by atoms with E-state index in [1.807, 2.05) is 31.2 Å². The van der Waals surface area contributed by atoms with Crippen LogP contribution in [0.4, 0.5) is 0 Å². The second kappa shape index (κ2) is 5.67. The van der Waals surface area contributed by atoms with Crippen LogP contribution >= 0.6 is 27.7 Å². The van der Waals surface area contributed by atoms with Crippen molar-refractivity contribution < 1.29 is 0 Å². The minimum Gasteiger partial charge on any atom is -0.324 e. The molecule has 0 spiro atoms. The van der Waals surface area contributed by atoms with Crippen molar-refractivity contribution in [3.63, 3.8) is 0 Å². The van der Waals surface area contributed by atoms with Gasteiger partial charge >= 0.3 is 0 Å². The molecule has 0 saturated carbocycles. The molecule has 0 saturated heterocycles. The van der Waals surface area contributed by atoms with Crippen LogP contribution < -0.4 is 5.73 Å². The number of halogens is 1. The molecule has 0 unspecified atom stereocenters. The van der Waals surface area contributed by atoms with Crippen molar-refractivity contribution in [1.29, 1.82) is 0 Å². The molecule has 0 aliphatic heterocycles. The minimum atomic E-state index is 0.0362. The minimum absolute atomic E-state index is 0.0362. The summed E-state index contributed by atoms with van der Waals surface area (Å²) in [6.45, 7) is 1.99. The molecule has 0 aliphatic carbocycles. The van der Waals surface area contributed by atoms with E-state index in [2.05, 4.69) is 33.0 Å². The van der Waals surface area contributed by atoms with Gasteiger partial charge in [0.25, 0.3) is 0 Å². The molecule has 17 heavy (non-hydrogen) atoms. The van der Waals surface area contributed by atoms with E-state index in [-0.39, 0.29) is 6.04 Å². The van der Waals surface area contributed by atoms with Crippen molar-refractivity contribution in [2.75, 3.05) is 0 Å². The first kappa shape index (κ1) is 12.6. The van der Waals surface area contributed by atoms with E-state index in [1.165, 1.54) is 0 Å². The molecule has 2 aromatic rings. The predicted molar refractivity (Wildman–Crippen MR) is 75.1 cm³/mol. The first-order valence-electron chi connectivity index (χ1n) is 5.31. The molecule has 2 rings (SSSR count). The molecule has 1 atom stereocenters. The van der Waals surface area contributed by atoms with E-state index < -0.39 is 0 Å². The highest BCUT2D eigenvalue weighted by molar-refractivity contribution is 9.10. The quantitative estimate of drug-likeness (QED) is 0.931. The Balaban J connectivity index is 2.26. The molecule has 1 aromatic heterocycles. The summed E-state index contributed by atoms with van der Waals surface area (Å²) in [4.78, 5) is 5.51. The van der Waals surface area contributed by atoms with Gasteiger partial charge in [-0.3, -0.25) is 0 Å². The first-order valence-corrected chi connectivity index (χ1v) is 6.91. The normalized spacial score (nSPS) is 12.4.